The number of nitrogens with one attached hydrogen (secondary N) is 2. The number of rotatable bonds is 8. The summed E-state index contributed by atoms with van der Waals surface area (Å²) in [6.45, 7) is 2.96. The molecule has 10 heteroatoms. The number of imide groups is 1. The van der Waals surface area contributed by atoms with Crippen molar-refractivity contribution in [3.8, 4) is 0 Å². The van der Waals surface area contributed by atoms with Gasteiger partial charge >= 0.3 is 12.0 Å². The molecule has 3 amide bonds. The minimum atomic E-state index is -3.67. The summed E-state index contributed by atoms with van der Waals surface area (Å²) in [5.74, 6) is -2.14. The van der Waals surface area contributed by atoms with Gasteiger partial charge in [0, 0.05) is 11.1 Å². The molecule has 0 fully saturated rings. The minimum absolute atomic E-state index is 0.0363. The molecule has 144 valence electrons. The van der Waals surface area contributed by atoms with Gasteiger partial charge in [0.15, 0.2) is 16.4 Å². The van der Waals surface area contributed by atoms with Crippen LogP contribution in [-0.4, -0.2) is 44.7 Å². The van der Waals surface area contributed by atoms with Crippen molar-refractivity contribution in [2.75, 3.05) is 12.4 Å². The van der Waals surface area contributed by atoms with Crippen LogP contribution < -0.4 is 10.6 Å². The zero-order valence-electron chi connectivity index (χ0n) is 14.5. The summed E-state index contributed by atoms with van der Waals surface area (Å²) in [5.41, 5.74) is 0. The van der Waals surface area contributed by atoms with Crippen molar-refractivity contribution in [2.45, 2.75) is 37.6 Å². The van der Waals surface area contributed by atoms with Gasteiger partial charge in [0.25, 0.3) is 5.91 Å². The normalized spacial score (nSPS) is 12.1. The summed E-state index contributed by atoms with van der Waals surface area (Å²) in [7, 11) is -3.67. The SMILES string of the molecule is CC[C@@H](C)NC(=O)NC(=O)COC(=O)CCS(=O)(=O)c1ccc(Cl)cc1. The smallest absolute Gasteiger partial charge is 0.321 e. The van der Waals surface area contributed by atoms with E-state index in [1.165, 1.54) is 24.3 Å². The summed E-state index contributed by atoms with van der Waals surface area (Å²) in [6, 6.07) is 4.75. The first-order valence-electron chi connectivity index (χ1n) is 7.88. The van der Waals surface area contributed by atoms with Crippen molar-refractivity contribution in [1.82, 2.24) is 10.6 Å². The molecule has 0 unspecified atom stereocenters. The number of halogens is 1. The molecule has 1 atom stereocenters. The van der Waals surface area contributed by atoms with Gasteiger partial charge in [-0.05, 0) is 37.6 Å². The first-order valence-corrected chi connectivity index (χ1v) is 9.91. The van der Waals surface area contributed by atoms with Gasteiger partial charge < -0.3 is 10.1 Å². The number of sulfone groups is 1. The number of urea groups is 1. The zero-order chi connectivity index (χ0) is 19.7. The molecule has 1 rings (SSSR count). The third-order valence-corrected chi connectivity index (χ3v) is 5.34. The predicted octanol–water partition coefficient (Wildman–Crippen LogP) is 1.67. The van der Waals surface area contributed by atoms with Crippen LogP contribution in [0.5, 0.6) is 0 Å². The first-order chi connectivity index (χ1) is 12.1. The number of hydrogen-bond donors (Lipinski definition) is 2. The van der Waals surface area contributed by atoms with Crippen molar-refractivity contribution in [3.63, 3.8) is 0 Å². The second-order valence-electron chi connectivity index (χ2n) is 5.51. The summed E-state index contributed by atoms with van der Waals surface area (Å²) < 4.78 is 28.8. The number of carbonyl (C=O) groups is 3. The topological polar surface area (TPSA) is 119 Å². The Hall–Kier alpha value is -2.13. The highest BCUT2D eigenvalue weighted by atomic mass is 35.5. The highest BCUT2D eigenvalue weighted by Gasteiger charge is 2.18. The van der Waals surface area contributed by atoms with Crippen LogP contribution >= 0.6 is 11.6 Å². The maximum absolute atomic E-state index is 12.1. The molecule has 1 aromatic carbocycles. The van der Waals surface area contributed by atoms with Crippen LogP contribution in [0.4, 0.5) is 4.79 Å². The molecule has 0 aliphatic rings. The van der Waals surface area contributed by atoms with Crippen LogP contribution in [0.2, 0.25) is 5.02 Å². The molecule has 0 heterocycles. The number of amides is 3. The maximum atomic E-state index is 12.1. The number of esters is 1. The van der Waals surface area contributed by atoms with Crippen molar-refractivity contribution in [3.05, 3.63) is 29.3 Å². The van der Waals surface area contributed by atoms with Crippen LogP contribution in [0.25, 0.3) is 0 Å². The van der Waals surface area contributed by atoms with E-state index in [2.05, 4.69) is 10.1 Å². The van der Waals surface area contributed by atoms with Crippen molar-refractivity contribution >= 4 is 39.3 Å². The van der Waals surface area contributed by atoms with Gasteiger partial charge in [-0.25, -0.2) is 13.2 Å². The molecular weight excluding hydrogens is 384 g/mol. The van der Waals surface area contributed by atoms with Gasteiger partial charge in [0.1, 0.15) is 0 Å². The monoisotopic (exact) mass is 404 g/mol. The Labute approximate surface area is 157 Å². The molecule has 2 N–H and O–H groups in total. The molecule has 26 heavy (non-hydrogen) atoms. The lowest BCUT2D eigenvalue weighted by atomic mass is 10.3. The van der Waals surface area contributed by atoms with E-state index in [0.29, 0.717) is 11.4 Å². The average Bonchev–Trinajstić information content (AvgIpc) is 2.58. The average molecular weight is 405 g/mol. The van der Waals surface area contributed by atoms with Gasteiger partial charge in [0.2, 0.25) is 0 Å². The number of hydrogen-bond acceptors (Lipinski definition) is 6. The number of benzene rings is 1. The van der Waals surface area contributed by atoms with E-state index in [9.17, 15) is 22.8 Å². The lowest BCUT2D eigenvalue weighted by molar-refractivity contribution is -0.147. The number of carbonyl (C=O) groups excluding carboxylic acids is 3. The Kier molecular flexibility index (Phi) is 8.53. The van der Waals surface area contributed by atoms with Crippen LogP contribution in [0.15, 0.2) is 29.2 Å². The Balaban J connectivity index is 2.39. The minimum Gasteiger partial charge on any atom is -0.456 e. The summed E-state index contributed by atoms with van der Waals surface area (Å²) in [5, 5.41) is 4.92. The predicted molar refractivity (Wildman–Crippen MR) is 95.5 cm³/mol. The highest BCUT2D eigenvalue weighted by Crippen LogP contribution is 2.16. The van der Waals surface area contributed by atoms with E-state index in [1.54, 1.807) is 6.92 Å². The van der Waals surface area contributed by atoms with E-state index >= 15 is 0 Å². The molecule has 0 aromatic heterocycles. The molecule has 0 saturated heterocycles. The zero-order valence-corrected chi connectivity index (χ0v) is 16.0. The van der Waals surface area contributed by atoms with Crippen LogP contribution in [0.1, 0.15) is 26.7 Å². The molecule has 0 aliphatic heterocycles. The lowest BCUT2D eigenvalue weighted by Gasteiger charge is -2.11. The van der Waals surface area contributed by atoms with E-state index in [1.807, 2.05) is 12.2 Å². The van der Waals surface area contributed by atoms with E-state index in [4.69, 9.17) is 11.6 Å². The molecule has 0 aliphatic carbocycles. The standard InChI is InChI=1S/C16H21ClN2O6S/c1-3-11(2)18-16(22)19-14(20)10-25-15(21)8-9-26(23,24)13-6-4-12(17)5-7-13/h4-7,11H,3,8-10H2,1-2H3,(H2,18,19,20,22)/t11-/m1/s1. The fourth-order valence-corrected chi connectivity index (χ4v) is 3.07. The first kappa shape index (κ1) is 21.9. The van der Waals surface area contributed by atoms with Crippen molar-refractivity contribution in [2.24, 2.45) is 0 Å². The van der Waals surface area contributed by atoms with Crippen LogP contribution in [0.3, 0.4) is 0 Å². The molecule has 0 radical (unpaired) electrons. The highest BCUT2D eigenvalue weighted by molar-refractivity contribution is 7.91. The molecule has 1 aromatic rings. The van der Waals surface area contributed by atoms with Gasteiger partial charge in [-0.1, -0.05) is 18.5 Å². The fourth-order valence-electron chi connectivity index (χ4n) is 1.72. The summed E-state index contributed by atoms with van der Waals surface area (Å²) >= 11 is 5.70. The third-order valence-electron chi connectivity index (χ3n) is 3.35. The molecule has 0 saturated carbocycles. The van der Waals surface area contributed by atoms with Gasteiger partial charge in [0.05, 0.1) is 17.1 Å². The maximum Gasteiger partial charge on any atom is 0.321 e. The Morgan fingerprint density at radius 1 is 1.19 bits per heavy atom. The molecule has 0 bridgehead atoms. The third kappa shape index (κ3) is 7.83. The largest absolute Gasteiger partial charge is 0.456 e. The molecular formula is C16H21ClN2O6S. The quantitative estimate of drug-likeness (QED) is 0.636. The van der Waals surface area contributed by atoms with Gasteiger partial charge in [-0.15, -0.1) is 0 Å². The van der Waals surface area contributed by atoms with E-state index in [0.717, 1.165) is 0 Å². The van der Waals surface area contributed by atoms with Crippen molar-refractivity contribution in [1.29, 1.82) is 0 Å². The van der Waals surface area contributed by atoms with Crippen LogP contribution in [-0.2, 0) is 24.2 Å². The Morgan fingerprint density at radius 3 is 2.38 bits per heavy atom. The lowest BCUT2D eigenvalue weighted by Crippen LogP contribution is -2.44. The van der Waals surface area contributed by atoms with Crippen molar-refractivity contribution < 1.29 is 27.5 Å². The Morgan fingerprint density at radius 2 is 1.81 bits per heavy atom. The molecule has 8 nitrogen and oxygen atoms in total. The van der Waals surface area contributed by atoms with Gasteiger partial charge in [-0.3, -0.25) is 14.9 Å². The number of ether oxygens (including phenoxy) is 1. The van der Waals surface area contributed by atoms with E-state index < -0.39 is 46.5 Å². The fraction of sp³-hybridized carbons (Fsp3) is 0.438. The van der Waals surface area contributed by atoms with Gasteiger partial charge in [-0.2, -0.15) is 0 Å². The second kappa shape index (κ2) is 10.1. The second-order valence-corrected chi connectivity index (χ2v) is 8.06. The van der Waals surface area contributed by atoms with E-state index in [-0.39, 0.29) is 10.9 Å². The Bertz CT molecular complexity index is 749. The van der Waals surface area contributed by atoms with Crippen LogP contribution in [0, 0.1) is 0 Å². The summed E-state index contributed by atoms with van der Waals surface area (Å²) in [4.78, 5) is 34.6. The summed E-state index contributed by atoms with van der Waals surface area (Å²) in [6.07, 6.45) is 0.274. The molecule has 0 spiro atoms.